The van der Waals surface area contributed by atoms with E-state index in [1.165, 1.54) is 0 Å². The molecule has 0 spiro atoms. The Bertz CT molecular complexity index is 429. The number of thiol groups is 1. The summed E-state index contributed by atoms with van der Waals surface area (Å²) in [5.74, 6) is -1.29. The van der Waals surface area contributed by atoms with Crippen LogP contribution in [0.3, 0.4) is 0 Å². The van der Waals surface area contributed by atoms with Gasteiger partial charge in [-0.2, -0.15) is 0 Å². The molecule has 0 saturated carbocycles. The molecule has 0 aliphatic carbocycles. The highest BCUT2D eigenvalue weighted by Crippen LogP contribution is 2.27. The standard InChI is InChI=1S/C6H5ClN2O2S2/c7-2-1(6(10)11)4(8)9-5(13)3(2)12/h12H,(H,10,11)(H3,8,9,13). The van der Waals surface area contributed by atoms with Crippen LogP contribution < -0.4 is 5.73 Å². The third-order valence-corrected chi connectivity index (χ3v) is 2.79. The molecule has 1 aromatic rings. The van der Waals surface area contributed by atoms with Crippen molar-refractivity contribution in [2.75, 3.05) is 5.73 Å². The number of carboxylic acid groups (broad SMARTS) is 1. The normalized spacial score (nSPS) is 10.0. The molecule has 4 nitrogen and oxygen atoms in total. The molecule has 0 radical (unpaired) electrons. The predicted molar refractivity (Wildman–Crippen MR) is 55.3 cm³/mol. The first-order chi connectivity index (χ1) is 5.95. The van der Waals surface area contributed by atoms with E-state index in [9.17, 15) is 4.79 Å². The minimum atomic E-state index is -1.22. The first-order valence-electron chi connectivity index (χ1n) is 3.08. The van der Waals surface area contributed by atoms with Gasteiger partial charge >= 0.3 is 5.97 Å². The molecule has 0 atom stereocenters. The number of aromatic nitrogens is 1. The van der Waals surface area contributed by atoms with E-state index in [0.29, 0.717) is 0 Å². The number of nitrogen functional groups attached to an aromatic ring is 1. The summed E-state index contributed by atoms with van der Waals surface area (Å²) in [4.78, 5) is 13.3. The number of aromatic carboxylic acids is 1. The Morgan fingerprint density at radius 2 is 2.23 bits per heavy atom. The summed E-state index contributed by atoms with van der Waals surface area (Å²) in [6.45, 7) is 0. The van der Waals surface area contributed by atoms with Crippen LogP contribution in [-0.4, -0.2) is 16.1 Å². The van der Waals surface area contributed by atoms with Gasteiger partial charge in [0, 0.05) is 0 Å². The number of hydrogen-bond acceptors (Lipinski definition) is 4. The first kappa shape index (κ1) is 10.4. The van der Waals surface area contributed by atoms with E-state index in [1.807, 2.05) is 0 Å². The molecule has 1 rings (SSSR count). The van der Waals surface area contributed by atoms with Crippen molar-refractivity contribution in [3.63, 3.8) is 0 Å². The van der Waals surface area contributed by atoms with E-state index in [1.54, 1.807) is 0 Å². The highest BCUT2D eigenvalue weighted by molar-refractivity contribution is 7.81. The number of carbonyl (C=O) groups is 1. The van der Waals surface area contributed by atoms with Crippen molar-refractivity contribution in [2.24, 2.45) is 0 Å². The molecule has 0 bridgehead atoms. The maximum atomic E-state index is 10.7. The SMILES string of the molecule is Nc1[nH]c(=S)c(S)c(Cl)c1C(=O)O. The predicted octanol–water partition coefficient (Wildman–Crippen LogP) is 1.97. The Kier molecular flexibility index (Phi) is 2.84. The smallest absolute Gasteiger partial charge is 0.340 e. The second-order valence-electron chi connectivity index (χ2n) is 2.21. The van der Waals surface area contributed by atoms with Gasteiger partial charge in [-0.15, -0.1) is 12.6 Å². The molecule has 13 heavy (non-hydrogen) atoms. The Hall–Kier alpha value is -0.720. The molecule has 4 N–H and O–H groups in total. The number of nitrogens with two attached hydrogens (primary N) is 1. The van der Waals surface area contributed by atoms with Gasteiger partial charge in [0.25, 0.3) is 0 Å². The largest absolute Gasteiger partial charge is 0.478 e. The Labute approximate surface area is 89.1 Å². The van der Waals surface area contributed by atoms with E-state index >= 15 is 0 Å². The molecule has 0 saturated heterocycles. The summed E-state index contributed by atoms with van der Waals surface area (Å²) >= 11 is 14.4. The van der Waals surface area contributed by atoms with Crippen LogP contribution in [0.15, 0.2) is 4.90 Å². The summed E-state index contributed by atoms with van der Waals surface area (Å²) in [6, 6.07) is 0. The second kappa shape index (κ2) is 3.57. The highest BCUT2D eigenvalue weighted by atomic mass is 35.5. The fraction of sp³-hybridized carbons (Fsp3) is 0. The van der Waals surface area contributed by atoms with Crippen molar-refractivity contribution >= 4 is 48.2 Å². The Morgan fingerprint density at radius 3 is 2.69 bits per heavy atom. The van der Waals surface area contributed by atoms with Crippen molar-refractivity contribution in [1.82, 2.24) is 4.98 Å². The molecule has 0 amide bonds. The van der Waals surface area contributed by atoms with E-state index < -0.39 is 5.97 Å². The lowest BCUT2D eigenvalue weighted by Crippen LogP contribution is -2.06. The molecule has 0 fully saturated rings. The number of hydrogen-bond donors (Lipinski definition) is 4. The van der Waals surface area contributed by atoms with Crippen LogP contribution in [0.2, 0.25) is 5.02 Å². The van der Waals surface area contributed by atoms with Crippen molar-refractivity contribution in [1.29, 1.82) is 0 Å². The quantitative estimate of drug-likeness (QED) is 0.444. The molecule has 0 aromatic carbocycles. The van der Waals surface area contributed by atoms with E-state index in [-0.39, 0.29) is 25.9 Å². The number of halogens is 1. The third-order valence-electron chi connectivity index (χ3n) is 1.37. The van der Waals surface area contributed by atoms with Gasteiger partial charge in [-0.3, -0.25) is 0 Å². The molecule has 0 aliphatic rings. The Morgan fingerprint density at radius 1 is 1.69 bits per heavy atom. The molecular formula is C6H5ClN2O2S2. The average Bonchev–Trinajstić information content (AvgIpc) is 1.99. The number of nitrogens with one attached hydrogen (secondary N) is 1. The van der Waals surface area contributed by atoms with E-state index in [4.69, 9.17) is 34.7 Å². The number of carboxylic acids is 1. The topological polar surface area (TPSA) is 79.1 Å². The van der Waals surface area contributed by atoms with Crippen molar-refractivity contribution < 1.29 is 9.90 Å². The lowest BCUT2D eigenvalue weighted by Gasteiger charge is -2.05. The van der Waals surface area contributed by atoms with E-state index in [2.05, 4.69) is 17.6 Å². The van der Waals surface area contributed by atoms with Crippen molar-refractivity contribution in [3.8, 4) is 0 Å². The molecule has 1 aromatic heterocycles. The summed E-state index contributed by atoms with van der Waals surface area (Å²) in [7, 11) is 0. The Balaban J connectivity index is 3.63. The summed E-state index contributed by atoms with van der Waals surface area (Å²) in [6.07, 6.45) is 0. The second-order valence-corrected chi connectivity index (χ2v) is 3.44. The molecule has 0 unspecified atom stereocenters. The van der Waals surface area contributed by atoms with E-state index in [0.717, 1.165) is 0 Å². The monoisotopic (exact) mass is 236 g/mol. The molecule has 0 aliphatic heterocycles. The average molecular weight is 237 g/mol. The van der Waals surface area contributed by atoms with Gasteiger partial charge in [-0.05, 0) is 0 Å². The lowest BCUT2D eigenvalue weighted by atomic mass is 10.2. The van der Waals surface area contributed by atoms with Gasteiger partial charge in [0.2, 0.25) is 0 Å². The van der Waals surface area contributed by atoms with Crippen LogP contribution in [-0.2, 0) is 0 Å². The molecule has 7 heteroatoms. The lowest BCUT2D eigenvalue weighted by molar-refractivity contribution is 0.0697. The molecular weight excluding hydrogens is 232 g/mol. The zero-order valence-corrected chi connectivity index (χ0v) is 8.63. The fourth-order valence-electron chi connectivity index (χ4n) is 0.789. The highest BCUT2D eigenvalue weighted by Gasteiger charge is 2.16. The summed E-state index contributed by atoms with van der Waals surface area (Å²) < 4.78 is 0.218. The maximum absolute atomic E-state index is 10.7. The molecule has 1 heterocycles. The number of anilines is 1. The number of pyridine rings is 1. The van der Waals surface area contributed by atoms with Gasteiger partial charge in [0.15, 0.2) is 0 Å². The minimum Gasteiger partial charge on any atom is -0.478 e. The van der Waals surface area contributed by atoms with Gasteiger partial charge in [-0.25, -0.2) is 4.79 Å². The summed E-state index contributed by atoms with van der Waals surface area (Å²) in [5, 5.41) is 8.67. The molecule has 70 valence electrons. The number of aromatic amines is 1. The van der Waals surface area contributed by atoms with Crippen LogP contribution in [0.1, 0.15) is 10.4 Å². The van der Waals surface area contributed by atoms with Crippen LogP contribution in [0.25, 0.3) is 0 Å². The van der Waals surface area contributed by atoms with Gasteiger partial charge in [-0.1, -0.05) is 23.8 Å². The fourth-order valence-corrected chi connectivity index (χ4v) is 1.50. The minimum absolute atomic E-state index is 0.0444. The van der Waals surface area contributed by atoms with Gasteiger partial charge in [0.1, 0.15) is 16.0 Å². The van der Waals surface area contributed by atoms with Crippen molar-refractivity contribution in [2.45, 2.75) is 4.90 Å². The zero-order valence-electron chi connectivity index (χ0n) is 6.17. The summed E-state index contributed by atoms with van der Waals surface area (Å²) in [5.41, 5.74) is 5.16. The van der Waals surface area contributed by atoms with Crippen LogP contribution in [0, 0.1) is 4.64 Å². The third kappa shape index (κ3) is 1.79. The van der Waals surface area contributed by atoms with Gasteiger partial charge < -0.3 is 15.8 Å². The first-order valence-corrected chi connectivity index (χ1v) is 4.32. The van der Waals surface area contributed by atoms with Crippen molar-refractivity contribution in [3.05, 3.63) is 15.2 Å². The van der Waals surface area contributed by atoms with Gasteiger partial charge in [0.05, 0.1) is 9.92 Å². The number of H-pyrrole nitrogens is 1. The maximum Gasteiger partial charge on any atom is 0.340 e. The zero-order chi connectivity index (χ0) is 10.2. The van der Waals surface area contributed by atoms with Crippen LogP contribution in [0.4, 0.5) is 5.82 Å². The van der Waals surface area contributed by atoms with Crippen LogP contribution in [0.5, 0.6) is 0 Å². The number of rotatable bonds is 1. The van der Waals surface area contributed by atoms with Crippen LogP contribution >= 0.6 is 36.4 Å².